The molecule has 1 N–H and O–H groups in total. The third-order valence-electron chi connectivity index (χ3n) is 4.62. The van der Waals surface area contributed by atoms with E-state index in [1.807, 2.05) is 18.2 Å². The van der Waals surface area contributed by atoms with Gasteiger partial charge in [-0.3, -0.25) is 14.4 Å². The van der Waals surface area contributed by atoms with Crippen molar-refractivity contribution in [3.05, 3.63) is 58.7 Å². The van der Waals surface area contributed by atoms with Gasteiger partial charge in [-0.25, -0.2) is 4.79 Å². The van der Waals surface area contributed by atoms with Gasteiger partial charge in [-0.1, -0.05) is 30.3 Å². The molecule has 120 valence electrons. The summed E-state index contributed by atoms with van der Waals surface area (Å²) in [5, 5.41) is 13.1. The fourth-order valence-electron chi connectivity index (χ4n) is 3.62. The zero-order valence-electron chi connectivity index (χ0n) is 12.8. The fourth-order valence-corrected chi connectivity index (χ4v) is 3.62. The van der Waals surface area contributed by atoms with Gasteiger partial charge in [-0.05, 0) is 33.0 Å². The van der Waals surface area contributed by atoms with Crippen LogP contribution in [0.3, 0.4) is 0 Å². The Labute approximate surface area is 140 Å². The molecular formula is C20H10O5. The van der Waals surface area contributed by atoms with Gasteiger partial charge in [0, 0.05) is 22.1 Å². The molecule has 0 spiro atoms. The van der Waals surface area contributed by atoms with Gasteiger partial charge in [0.25, 0.3) is 0 Å². The number of carbonyl (C=O) groups excluding carboxylic acids is 3. The van der Waals surface area contributed by atoms with E-state index in [0.29, 0.717) is 35.0 Å². The summed E-state index contributed by atoms with van der Waals surface area (Å²) in [6.45, 7) is 0. The van der Waals surface area contributed by atoms with Gasteiger partial charge in [0.1, 0.15) is 0 Å². The van der Waals surface area contributed by atoms with Crippen LogP contribution in [0.4, 0.5) is 0 Å². The van der Waals surface area contributed by atoms with E-state index in [9.17, 15) is 24.3 Å². The van der Waals surface area contributed by atoms with Crippen LogP contribution in [0, 0.1) is 0 Å². The van der Waals surface area contributed by atoms with Gasteiger partial charge < -0.3 is 5.11 Å². The average molecular weight is 330 g/mol. The van der Waals surface area contributed by atoms with Crippen molar-refractivity contribution in [2.24, 2.45) is 0 Å². The van der Waals surface area contributed by atoms with Gasteiger partial charge >= 0.3 is 5.97 Å². The normalized spacial score (nSPS) is 11.2. The maximum absolute atomic E-state index is 11.8. The highest BCUT2D eigenvalue weighted by Gasteiger charge is 2.23. The summed E-state index contributed by atoms with van der Waals surface area (Å²) in [5.74, 6) is -1.20. The molecule has 0 aromatic heterocycles. The molecule has 5 nitrogen and oxygen atoms in total. The number of carbonyl (C=O) groups is 4. The lowest BCUT2D eigenvalue weighted by Gasteiger charge is -2.17. The summed E-state index contributed by atoms with van der Waals surface area (Å²) in [6, 6.07) is 10.5. The van der Waals surface area contributed by atoms with E-state index in [0.717, 1.165) is 10.8 Å². The fraction of sp³-hybridized carbons (Fsp3) is 0. The smallest absolute Gasteiger partial charge is 0.336 e. The summed E-state index contributed by atoms with van der Waals surface area (Å²) in [5.41, 5.74) is -0.128. The molecule has 0 amide bonds. The van der Waals surface area contributed by atoms with Crippen LogP contribution in [0.25, 0.3) is 32.3 Å². The minimum atomic E-state index is -1.20. The van der Waals surface area contributed by atoms with Crippen molar-refractivity contribution in [2.75, 3.05) is 0 Å². The molecule has 4 rings (SSSR count). The molecule has 0 heterocycles. The summed E-state index contributed by atoms with van der Waals surface area (Å²) >= 11 is 0. The molecule has 4 aromatic carbocycles. The molecule has 0 saturated carbocycles. The molecule has 0 bridgehead atoms. The Morgan fingerprint density at radius 2 is 1.44 bits per heavy atom. The molecule has 0 aliphatic rings. The maximum atomic E-state index is 11.8. The van der Waals surface area contributed by atoms with Crippen LogP contribution < -0.4 is 0 Å². The Balaban J connectivity index is 2.50. The highest BCUT2D eigenvalue weighted by Crippen LogP contribution is 2.40. The van der Waals surface area contributed by atoms with E-state index in [4.69, 9.17) is 0 Å². The summed E-state index contributed by atoms with van der Waals surface area (Å²) in [6.07, 6.45) is 1.39. The van der Waals surface area contributed by atoms with Crippen LogP contribution >= 0.6 is 0 Å². The number of rotatable bonds is 4. The number of hydrogen-bond donors (Lipinski definition) is 1. The van der Waals surface area contributed by atoms with Crippen LogP contribution in [-0.2, 0) is 0 Å². The molecule has 0 radical (unpaired) electrons. The predicted molar refractivity (Wildman–Crippen MR) is 93.3 cm³/mol. The molecule has 0 aliphatic heterocycles. The van der Waals surface area contributed by atoms with Crippen LogP contribution in [0.1, 0.15) is 41.4 Å². The van der Waals surface area contributed by atoms with E-state index in [1.165, 1.54) is 6.07 Å². The van der Waals surface area contributed by atoms with Crippen molar-refractivity contribution in [3.8, 4) is 0 Å². The second kappa shape index (κ2) is 5.21. The van der Waals surface area contributed by atoms with E-state index < -0.39 is 5.97 Å². The quantitative estimate of drug-likeness (QED) is 0.455. The Bertz CT molecular complexity index is 1220. The Hall–Kier alpha value is -3.60. The third-order valence-corrected chi connectivity index (χ3v) is 4.62. The first-order chi connectivity index (χ1) is 12.1. The summed E-state index contributed by atoms with van der Waals surface area (Å²) in [7, 11) is 0. The highest BCUT2D eigenvalue weighted by atomic mass is 16.4. The van der Waals surface area contributed by atoms with E-state index in [-0.39, 0.29) is 27.6 Å². The van der Waals surface area contributed by atoms with E-state index >= 15 is 0 Å². The zero-order chi connectivity index (χ0) is 17.7. The van der Waals surface area contributed by atoms with Crippen LogP contribution in [0.5, 0.6) is 0 Å². The van der Waals surface area contributed by atoms with Gasteiger partial charge in [-0.2, -0.15) is 0 Å². The molecule has 4 aromatic rings. The molecule has 0 aliphatic carbocycles. The molecule has 0 fully saturated rings. The second-order valence-corrected chi connectivity index (χ2v) is 5.77. The topological polar surface area (TPSA) is 88.5 Å². The number of aldehydes is 3. The number of hydrogen-bond acceptors (Lipinski definition) is 4. The Kier molecular flexibility index (Phi) is 3.12. The van der Waals surface area contributed by atoms with Gasteiger partial charge in [-0.15, -0.1) is 0 Å². The molecule has 0 atom stereocenters. The van der Waals surface area contributed by atoms with Crippen molar-refractivity contribution in [1.82, 2.24) is 0 Å². The highest BCUT2D eigenvalue weighted by molar-refractivity contribution is 6.32. The van der Waals surface area contributed by atoms with Crippen molar-refractivity contribution in [1.29, 1.82) is 0 Å². The van der Waals surface area contributed by atoms with Gasteiger partial charge in [0.05, 0.1) is 5.56 Å². The zero-order valence-corrected chi connectivity index (χ0v) is 12.8. The standard InChI is InChI=1S/C20H10O5/c21-7-14-12-5-4-10-2-1-3-11-6-13(20(24)25)18(19(12)17(10)11)16(9-23)15(14)8-22/h1-9H,(H,24,25). The average Bonchev–Trinajstić information content (AvgIpc) is 2.64. The van der Waals surface area contributed by atoms with Crippen LogP contribution in [0.15, 0.2) is 36.4 Å². The van der Waals surface area contributed by atoms with Crippen molar-refractivity contribution in [3.63, 3.8) is 0 Å². The first-order valence-electron chi connectivity index (χ1n) is 7.48. The minimum Gasteiger partial charge on any atom is -0.478 e. The van der Waals surface area contributed by atoms with E-state index in [2.05, 4.69) is 0 Å². The summed E-state index contributed by atoms with van der Waals surface area (Å²) < 4.78 is 0. The molecule has 25 heavy (non-hydrogen) atoms. The van der Waals surface area contributed by atoms with Crippen molar-refractivity contribution >= 4 is 57.1 Å². The Morgan fingerprint density at radius 3 is 2.08 bits per heavy atom. The lowest BCUT2D eigenvalue weighted by atomic mass is 9.84. The number of carboxylic acids is 1. The van der Waals surface area contributed by atoms with Crippen LogP contribution in [0.2, 0.25) is 0 Å². The molecular weight excluding hydrogens is 320 g/mol. The van der Waals surface area contributed by atoms with Crippen molar-refractivity contribution in [2.45, 2.75) is 0 Å². The SMILES string of the molecule is O=Cc1c(C=O)c2ccc3cccc4cc(C(=O)O)c(c1C=O)c2c34. The predicted octanol–water partition coefficient (Wildman–Crippen LogP) is 3.72. The minimum absolute atomic E-state index is 0.0692. The first-order valence-corrected chi connectivity index (χ1v) is 7.48. The van der Waals surface area contributed by atoms with Gasteiger partial charge in [0.15, 0.2) is 18.9 Å². The summed E-state index contributed by atoms with van der Waals surface area (Å²) in [4.78, 5) is 46.7. The third kappa shape index (κ3) is 1.83. The van der Waals surface area contributed by atoms with Crippen molar-refractivity contribution < 1.29 is 24.3 Å². The molecule has 0 unspecified atom stereocenters. The molecule has 0 saturated heterocycles. The maximum Gasteiger partial charge on any atom is 0.336 e. The van der Waals surface area contributed by atoms with Gasteiger partial charge in [0.2, 0.25) is 0 Å². The van der Waals surface area contributed by atoms with Crippen LogP contribution in [-0.4, -0.2) is 29.9 Å². The first kappa shape index (κ1) is 15.0. The Morgan fingerprint density at radius 1 is 0.760 bits per heavy atom. The largest absolute Gasteiger partial charge is 0.478 e. The molecule has 5 heteroatoms. The number of aromatic carboxylic acids is 1. The van der Waals surface area contributed by atoms with E-state index in [1.54, 1.807) is 12.1 Å². The lowest BCUT2D eigenvalue weighted by Crippen LogP contribution is -2.07. The lowest BCUT2D eigenvalue weighted by molar-refractivity contribution is 0.0699. The number of carboxylic acid groups (broad SMARTS) is 1. The number of benzene rings is 4. The monoisotopic (exact) mass is 330 g/mol. The second-order valence-electron chi connectivity index (χ2n) is 5.77.